The van der Waals surface area contributed by atoms with Gasteiger partial charge in [-0.05, 0) is 20.3 Å². The smallest absolute Gasteiger partial charge is 0.216 e. The zero-order valence-corrected chi connectivity index (χ0v) is 13.1. The zero-order chi connectivity index (χ0) is 15.0. The number of nitrogens with zero attached hydrogens (tertiary/aromatic N) is 5. The lowest BCUT2D eigenvalue weighted by molar-refractivity contribution is 0.366. The Hall–Kier alpha value is -1.89. The molecule has 3 heterocycles. The molecule has 1 aliphatic heterocycles. The highest BCUT2D eigenvalue weighted by Crippen LogP contribution is 2.23. The van der Waals surface area contributed by atoms with E-state index in [4.69, 9.17) is 4.74 Å². The van der Waals surface area contributed by atoms with E-state index in [9.17, 15) is 0 Å². The summed E-state index contributed by atoms with van der Waals surface area (Å²) in [5.41, 5.74) is 2.08. The molecule has 3 rings (SSSR count). The van der Waals surface area contributed by atoms with Crippen LogP contribution in [0.1, 0.15) is 42.3 Å². The van der Waals surface area contributed by atoms with Gasteiger partial charge in [-0.1, -0.05) is 0 Å². The fourth-order valence-corrected chi connectivity index (χ4v) is 2.98. The van der Waals surface area contributed by atoms with Crippen LogP contribution in [0.4, 0.5) is 0 Å². The number of hydrogen-bond donors (Lipinski definition) is 1. The second-order valence-electron chi connectivity index (χ2n) is 5.53. The van der Waals surface area contributed by atoms with E-state index in [0.717, 1.165) is 41.8 Å². The van der Waals surface area contributed by atoms with E-state index >= 15 is 0 Å². The Bertz CT molecular complexity index is 644. The molecule has 2 aromatic rings. The Morgan fingerprint density at radius 1 is 1.38 bits per heavy atom. The summed E-state index contributed by atoms with van der Waals surface area (Å²) in [6, 6.07) is 0.147. The topological polar surface area (TPSA) is 69.8 Å². The molecule has 0 bridgehead atoms. The van der Waals surface area contributed by atoms with Crippen molar-refractivity contribution >= 4 is 0 Å². The molecule has 1 N–H and O–H groups in total. The average Bonchev–Trinajstić information content (AvgIpc) is 3.10. The van der Waals surface area contributed by atoms with Crippen LogP contribution in [0.5, 0.6) is 5.88 Å². The van der Waals surface area contributed by atoms with E-state index in [1.807, 2.05) is 14.0 Å². The van der Waals surface area contributed by atoms with Gasteiger partial charge in [0, 0.05) is 26.6 Å². The molecule has 0 aromatic carbocycles. The molecule has 114 valence electrons. The maximum Gasteiger partial charge on any atom is 0.216 e. The molecule has 0 saturated carbocycles. The van der Waals surface area contributed by atoms with E-state index in [1.54, 1.807) is 11.8 Å². The first-order valence-electron chi connectivity index (χ1n) is 7.33. The number of aromatic nitrogens is 5. The van der Waals surface area contributed by atoms with Crippen molar-refractivity contribution in [3.8, 4) is 5.88 Å². The van der Waals surface area contributed by atoms with Gasteiger partial charge < -0.3 is 14.6 Å². The Balaban J connectivity index is 1.73. The molecule has 2 aromatic heterocycles. The molecular weight excluding hydrogens is 268 g/mol. The standard InChI is InChI=1S/C14H22N6O/c1-9-11(14(21-4)19(3)18-9)8-15-10(2)13-17-16-12-6-5-7-20(12)13/h10,15H,5-8H2,1-4H3. The quantitative estimate of drug-likeness (QED) is 0.894. The highest BCUT2D eigenvalue weighted by molar-refractivity contribution is 5.30. The summed E-state index contributed by atoms with van der Waals surface area (Å²) in [4.78, 5) is 0. The largest absolute Gasteiger partial charge is 0.481 e. The Labute approximate surface area is 124 Å². The third-order valence-corrected chi connectivity index (χ3v) is 4.09. The van der Waals surface area contributed by atoms with Crippen molar-refractivity contribution in [1.29, 1.82) is 0 Å². The van der Waals surface area contributed by atoms with E-state index in [1.165, 1.54) is 6.42 Å². The first kappa shape index (κ1) is 14.1. The van der Waals surface area contributed by atoms with Gasteiger partial charge in [0.2, 0.25) is 5.88 Å². The summed E-state index contributed by atoms with van der Waals surface area (Å²) in [5, 5.41) is 16.5. The number of nitrogens with one attached hydrogen (secondary N) is 1. The average molecular weight is 290 g/mol. The van der Waals surface area contributed by atoms with Crippen LogP contribution in [0.2, 0.25) is 0 Å². The van der Waals surface area contributed by atoms with Crippen molar-refractivity contribution in [2.24, 2.45) is 7.05 Å². The fourth-order valence-electron chi connectivity index (χ4n) is 2.98. The predicted molar refractivity (Wildman–Crippen MR) is 78.1 cm³/mol. The number of ether oxygens (including phenoxy) is 1. The van der Waals surface area contributed by atoms with Crippen molar-refractivity contribution < 1.29 is 4.74 Å². The molecular formula is C14H22N6O. The molecule has 7 nitrogen and oxygen atoms in total. The van der Waals surface area contributed by atoms with Crippen LogP contribution in [-0.2, 0) is 26.6 Å². The predicted octanol–water partition coefficient (Wildman–Crippen LogP) is 1.13. The van der Waals surface area contributed by atoms with E-state index in [-0.39, 0.29) is 6.04 Å². The molecule has 0 fully saturated rings. The maximum absolute atomic E-state index is 5.42. The second-order valence-corrected chi connectivity index (χ2v) is 5.53. The monoisotopic (exact) mass is 290 g/mol. The molecule has 0 amide bonds. The van der Waals surface area contributed by atoms with E-state index in [0.29, 0.717) is 6.54 Å². The zero-order valence-electron chi connectivity index (χ0n) is 13.1. The third-order valence-electron chi connectivity index (χ3n) is 4.09. The van der Waals surface area contributed by atoms with Gasteiger partial charge in [0.25, 0.3) is 0 Å². The minimum atomic E-state index is 0.147. The Kier molecular flexibility index (Phi) is 3.67. The highest BCUT2D eigenvalue weighted by atomic mass is 16.5. The van der Waals surface area contributed by atoms with Gasteiger partial charge >= 0.3 is 0 Å². The second kappa shape index (κ2) is 5.48. The van der Waals surface area contributed by atoms with Gasteiger partial charge in [0.05, 0.1) is 24.4 Å². The fraction of sp³-hybridized carbons (Fsp3) is 0.643. The van der Waals surface area contributed by atoms with Crippen molar-refractivity contribution in [2.75, 3.05) is 7.11 Å². The lowest BCUT2D eigenvalue weighted by atomic mass is 10.2. The summed E-state index contributed by atoms with van der Waals surface area (Å²) in [7, 11) is 3.57. The van der Waals surface area contributed by atoms with Crippen LogP contribution in [-0.4, -0.2) is 31.7 Å². The summed E-state index contributed by atoms with van der Waals surface area (Å²) in [6.45, 7) is 5.85. The van der Waals surface area contributed by atoms with Crippen LogP contribution in [0.25, 0.3) is 0 Å². The van der Waals surface area contributed by atoms with Crippen molar-refractivity contribution in [3.63, 3.8) is 0 Å². The van der Waals surface area contributed by atoms with Gasteiger partial charge in [0.15, 0.2) is 0 Å². The molecule has 0 spiro atoms. The number of methoxy groups -OCH3 is 1. The SMILES string of the molecule is COc1c(CNC(C)c2nnc3n2CCC3)c(C)nn1C. The lowest BCUT2D eigenvalue weighted by Crippen LogP contribution is -2.22. The lowest BCUT2D eigenvalue weighted by Gasteiger charge is -2.14. The summed E-state index contributed by atoms with van der Waals surface area (Å²) in [6.07, 6.45) is 2.20. The van der Waals surface area contributed by atoms with Crippen molar-refractivity contribution in [1.82, 2.24) is 29.9 Å². The highest BCUT2D eigenvalue weighted by Gasteiger charge is 2.22. The Morgan fingerprint density at radius 2 is 2.19 bits per heavy atom. The minimum absolute atomic E-state index is 0.147. The normalized spacial score (nSPS) is 15.2. The molecule has 0 radical (unpaired) electrons. The number of fused-ring (bicyclic) bond motifs is 1. The van der Waals surface area contributed by atoms with Gasteiger partial charge in [-0.2, -0.15) is 5.10 Å². The van der Waals surface area contributed by atoms with Gasteiger partial charge in [-0.15, -0.1) is 10.2 Å². The molecule has 21 heavy (non-hydrogen) atoms. The molecule has 1 aliphatic rings. The Morgan fingerprint density at radius 3 is 2.95 bits per heavy atom. The van der Waals surface area contributed by atoms with Gasteiger partial charge in [-0.25, -0.2) is 4.68 Å². The van der Waals surface area contributed by atoms with Crippen LogP contribution in [0.15, 0.2) is 0 Å². The van der Waals surface area contributed by atoms with Crippen LogP contribution in [0.3, 0.4) is 0 Å². The molecule has 0 saturated heterocycles. The maximum atomic E-state index is 5.42. The first-order valence-corrected chi connectivity index (χ1v) is 7.33. The van der Waals surface area contributed by atoms with E-state index < -0.39 is 0 Å². The number of hydrogen-bond acceptors (Lipinski definition) is 5. The molecule has 1 atom stereocenters. The van der Waals surface area contributed by atoms with Crippen LogP contribution in [0, 0.1) is 6.92 Å². The summed E-state index contributed by atoms with van der Waals surface area (Å²) >= 11 is 0. The van der Waals surface area contributed by atoms with Crippen molar-refractivity contribution in [2.45, 2.75) is 45.8 Å². The summed E-state index contributed by atoms with van der Waals surface area (Å²) < 4.78 is 9.42. The van der Waals surface area contributed by atoms with Crippen molar-refractivity contribution in [3.05, 3.63) is 22.9 Å². The summed E-state index contributed by atoms with van der Waals surface area (Å²) in [5.74, 6) is 2.93. The van der Waals surface area contributed by atoms with Crippen LogP contribution < -0.4 is 10.1 Å². The third kappa shape index (κ3) is 2.42. The minimum Gasteiger partial charge on any atom is -0.481 e. The first-order chi connectivity index (χ1) is 10.1. The number of rotatable bonds is 5. The molecule has 7 heteroatoms. The molecule has 1 unspecified atom stereocenters. The number of aryl methyl sites for hydroxylation is 3. The van der Waals surface area contributed by atoms with E-state index in [2.05, 4.69) is 32.1 Å². The van der Waals surface area contributed by atoms with Gasteiger partial charge in [-0.3, -0.25) is 0 Å². The van der Waals surface area contributed by atoms with Crippen LogP contribution >= 0.6 is 0 Å². The molecule has 0 aliphatic carbocycles. The van der Waals surface area contributed by atoms with Gasteiger partial charge in [0.1, 0.15) is 11.6 Å².